The number of nitrogens with zero attached hydrogens (tertiary/aromatic N) is 6. The molecule has 142 valence electrons. The van der Waals surface area contributed by atoms with Crippen LogP contribution in [0.15, 0.2) is 12.4 Å². The first-order valence-electron chi connectivity index (χ1n) is 9.68. The average Bonchev–Trinajstić information content (AvgIpc) is 3.28. The summed E-state index contributed by atoms with van der Waals surface area (Å²) in [5.41, 5.74) is 0. The van der Waals surface area contributed by atoms with E-state index in [4.69, 9.17) is 0 Å². The molecule has 0 radical (unpaired) electrons. The van der Waals surface area contributed by atoms with E-state index in [2.05, 4.69) is 41.6 Å². The van der Waals surface area contributed by atoms with Gasteiger partial charge in [-0.05, 0) is 38.8 Å². The minimum atomic E-state index is -0.132. The van der Waals surface area contributed by atoms with Crippen LogP contribution in [0.4, 0.5) is 0 Å². The standard InChI is InChI=1S/C18H29N7O/c1-23-17(13-25-10-4-15(26)5-11-25)21-22-18(23)14-2-8-24(9-3-14)12-16-19-6-7-20-16/h6-7,14-15,26H,2-5,8-13H2,1H3,(H,19,20). The van der Waals surface area contributed by atoms with Crippen molar-refractivity contribution in [1.82, 2.24) is 34.5 Å². The van der Waals surface area contributed by atoms with Gasteiger partial charge in [0.05, 0.1) is 19.2 Å². The minimum absolute atomic E-state index is 0.132. The molecule has 0 saturated carbocycles. The van der Waals surface area contributed by atoms with Crippen molar-refractivity contribution >= 4 is 0 Å². The quantitative estimate of drug-likeness (QED) is 0.824. The molecule has 0 aromatic carbocycles. The van der Waals surface area contributed by atoms with Crippen LogP contribution in [0.3, 0.4) is 0 Å². The van der Waals surface area contributed by atoms with Gasteiger partial charge >= 0.3 is 0 Å². The fourth-order valence-electron chi connectivity index (χ4n) is 4.09. The SMILES string of the molecule is Cn1c(CN2CCC(O)CC2)nnc1C1CCN(Cc2ncc[nH]2)CC1. The fourth-order valence-corrected chi connectivity index (χ4v) is 4.09. The van der Waals surface area contributed by atoms with E-state index in [1.54, 1.807) is 0 Å². The monoisotopic (exact) mass is 359 g/mol. The van der Waals surface area contributed by atoms with E-state index in [1.807, 2.05) is 12.4 Å². The molecule has 0 atom stereocenters. The number of H-pyrrole nitrogens is 1. The van der Waals surface area contributed by atoms with Crippen molar-refractivity contribution in [3.8, 4) is 0 Å². The molecular formula is C18H29N7O. The average molecular weight is 359 g/mol. The third-order valence-electron chi connectivity index (χ3n) is 5.80. The van der Waals surface area contributed by atoms with Crippen molar-refractivity contribution in [2.45, 2.75) is 50.8 Å². The molecule has 2 aromatic rings. The summed E-state index contributed by atoms with van der Waals surface area (Å²) in [7, 11) is 2.10. The van der Waals surface area contributed by atoms with Gasteiger partial charge in [0.1, 0.15) is 17.5 Å². The lowest BCUT2D eigenvalue weighted by molar-refractivity contribution is 0.0775. The van der Waals surface area contributed by atoms with E-state index < -0.39 is 0 Å². The third-order valence-corrected chi connectivity index (χ3v) is 5.80. The number of aliphatic hydroxyl groups excluding tert-OH is 1. The van der Waals surface area contributed by atoms with Crippen molar-refractivity contribution in [3.63, 3.8) is 0 Å². The maximum absolute atomic E-state index is 9.65. The minimum Gasteiger partial charge on any atom is -0.393 e. The van der Waals surface area contributed by atoms with Crippen LogP contribution in [0.2, 0.25) is 0 Å². The molecule has 26 heavy (non-hydrogen) atoms. The van der Waals surface area contributed by atoms with E-state index in [-0.39, 0.29) is 6.10 Å². The van der Waals surface area contributed by atoms with Crippen LogP contribution in [0, 0.1) is 0 Å². The van der Waals surface area contributed by atoms with Gasteiger partial charge in [-0.15, -0.1) is 10.2 Å². The van der Waals surface area contributed by atoms with E-state index in [0.29, 0.717) is 5.92 Å². The summed E-state index contributed by atoms with van der Waals surface area (Å²) >= 11 is 0. The highest BCUT2D eigenvalue weighted by atomic mass is 16.3. The Bertz CT molecular complexity index is 682. The van der Waals surface area contributed by atoms with Gasteiger partial charge < -0.3 is 14.7 Å². The van der Waals surface area contributed by atoms with E-state index in [9.17, 15) is 5.11 Å². The molecule has 8 nitrogen and oxygen atoms in total. The fraction of sp³-hybridized carbons (Fsp3) is 0.722. The molecule has 0 aliphatic carbocycles. The Labute approximate surface area is 154 Å². The third kappa shape index (κ3) is 3.97. The summed E-state index contributed by atoms with van der Waals surface area (Å²) in [6.07, 6.45) is 7.51. The molecule has 0 spiro atoms. The maximum Gasteiger partial charge on any atom is 0.146 e. The Kier molecular flexibility index (Phi) is 5.33. The summed E-state index contributed by atoms with van der Waals surface area (Å²) in [5, 5.41) is 18.6. The van der Waals surface area contributed by atoms with E-state index >= 15 is 0 Å². The Morgan fingerprint density at radius 2 is 1.73 bits per heavy atom. The number of hydrogen-bond donors (Lipinski definition) is 2. The van der Waals surface area contributed by atoms with E-state index in [0.717, 1.165) is 82.4 Å². The van der Waals surface area contributed by atoms with Crippen molar-refractivity contribution in [3.05, 3.63) is 29.9 Å². The lowest BCUT2D eigenvalue weighted by atomic mass is 9.96. The first-order valence-corrected chi connectivity index (χ1v) is 9.68. The lowest BCUT2D eigenvalue weighted by Crippen LogP contribution is -2.36. The number of likely N-dealkylation sites (tertiary alicyclic amines) is 2. The number of nitrogens with one attached hydrogen (secondary N) is 1. The highest BCUT2D eigenvalue weighted by Crippen LogP contribution is 2.27. The molecule has 0 bridgehead atoms. The van der Waals surface area contributed by atoms with Crippen LogP contribution in [-0.4, -0.2) is 71.9 Å². The van der Waals surface area contributed by atoms with Gasteiger partial charge in [0.2, 0.25) is 0 Å². The Morgan fingerprint density at radius 3 is 2.42 bits per heavy atom. The molecule has 4 rings (SSSR count). The van der Waals surface area contributed by atoms with Gasteiger partial charge in [-0.25, -0.2) is 4.98 Å². The molecule has 0 amide bonds. The summed E-state index contributed by atoms with van der Waals surface area (Å²) in [6.45, 7) is 5.73. The van der Waals surface area contributed by atoms with Crippen molar-refractivity contribution < 1.29 is 5.11 Å². The van der Waals surface area contributed by atoms with Crippen LogP contribution in [0.5, 0.6) is 0 Å². The molecule has 8 heteroatoms. The summed E-state index contributed by atoms with van der Waals surface area (Å²) < 4.78 is 2.19. The van der Waals surface area contributed by atoms with Crippen LogP contribution in [0.1, 0.15) is 49.1 Å². The Hall–Kier alpha value is -1.77. The second kappa shape index (κ2) is 7.85. The number of hydrogen-bond acceptors (Lipinski definition) is 6. The molecule has 2 aliphatic rings. The number of aromatic nitrogens is 5. The number of aliphatic hydroxyl groups is 1. The van der Waals surface area contributed by atoms with Crippen LogP contribution < -0.4 is 0 Å². The molecule has 4 heterocycles. The predicted molar refractivity (Wildman–Crippen MR) is 97.4 cm³/mol. The number of piperidine rings is 2. The molecular weight excluding hydrogens is 330 g/mol. The smallest absolute Gasteiger partial charge is 0.146 e. The normalized spacial score (nSPS) is 21.5. The van der Waals surface area contributed by atoms with Gasteiger partial charge in [0.15, 0.2) is 0 Å². The summed E-state index contributed by atoms with van der Waals surface area (Å²) in [4.78, 5) is 12.3. The first-order chi connectivity index (χ1) is 12.7. The number of aromatic amines is 1. The second-order valence-electron chi connectivity index (χ2n) is 7.63. The van der Waals surface area contributed by atoms with Crippen LogP contribution >= 0.6 is 0 Å². The highest BCUT2D eigenvalue weighted by Gasteiger charge is 2.26. The van der Waals surface area contributed by atoms with E-state index in [1.165, 1.54) is 0 Å². The zero-order chi connectivity index (χ0) is 17.9. The molecule has 2 aliphatic heterocycles. The molecule has 2 N–H and O–H groups in total. The predicted octanol–water partition coefficient (Wildman–Crippen LogP) is 0.874. The van der Waals surface area contributed by atoms with Crippen LogP contribution in [0.25, 0.3) is 0 Å². The zero-order valence-electron chi connectivity index (χ0n) is 15.5. The summed E-state index contributed by atoms with van der Waals surface area (Å²) in [5.74, 6) is 3.68. The van der Waals surface area contributed by atoms with Gasteiger partial charge in [-0.2, -0.15) is 0 Å². The van der Waals surface area contributed by atoms with Gasteiger partial charge in [0, 0.05) is 38.4 Å². The zero-order valence-corrected chi connectivity index (χ0v) is 15.5. The van der Waals surface area contributed by atoms with Gasteiger partial charge in [0.25, 0.3) is 0 Å². The summed E-state index contributed by atoms with van der Waals surface area (Å²) in [6, 6.07) is 0. The highest BCUT2D eigenvalue weighted by molar-refractivity contribution is 5.04. The topological polar surface area (TPSA) is 86.1 Å². The molecule has 2 fully saturated rings. The first kappa shape index (κ1) is 17.6. The molecule has 2 saturated heterocycles. The second-order valence-corrected chi connectivity index (χ2v) is 7.63. The lowest BCUT2D eigenvalue weighted by Gasteiger charge is -2.31. The Morgan fingerprint density at radius 1 is 1.04 bits per heavy atom. The van der Waals surface area contributed by atoms with Gasteiger partial charge in [-0.1, -0.05) is 0 Å². The molecule has 0 unspecified atom stereocenters. The van der Waals surface area contributed by atoms with Crippen molar-refractivity contribution in [2.75, 3.05) is 26.2 Å². The Balaban J connectivity index is 1.32. The van der Waals surface area contributed by atoms with Crippen LogP contribution in [-0.2, 0) is 20.1 Å². The number of imidazole rings is 1. The van der Waals surface area contributed by atoms with Crippen molar-refractivity contribution in [2.24, 2.45) is 7.05 Å². The number of rotatable bonds is 5. The van der Waals surface area contributed by atoms with Gasteiger partial charge in [-0.3, -0.25) is 9.80 Å². The maximum atomic E-state index is 9.65. The molecule has 2 aromatic heterocycles. The van der Waals surface area contributed by atoms with Crippen molar-refractivity contribution in [1.29, 1.82) is 0 Å². The largest absolute Gasteiger partial charge is 0.393 e.